The molecular weight excluding hydrogens is 208 g/mol. The first-order valence-electron chi connectivity index (χ1n) is 4.58. The molecule has 0 bridgehead atoms. The minimum absolute atomic E-state index is 0.300. The second-order valence-corrected chi connectivity index (χ2v) is 4.26. The summed E-state index contributed by atoms with van der Waals surface area (Å²) in [6.07, 6.45) is 0. The predicted molar refractivity (Wildman–Crippen MR) is 60.5 cm³/mol. The van der Waals surface area contributed by atoms with Gasteiger partial charge in [-0.25, -0.2) is 4.79 Å². The molecule has 0 aliphatic carbocycles. The molecule has 2 aromatic rings. The quantitative estimate of drug-likeness (QED) is 0.571. The molecule has 15 heavy (non-hydrogen) atoms. The van der Waals surface area contributed by atoms with Crippen molar-refractivity contribution in [2.45, 2.75) is 6.92 Å². The van der Waals surface area contributed by atoms with Crippen LogP contribution in [0.5, 0.6) is 5.75 Å². The van der Waals surface area contributed by atoms with Crippen molar-refractivity contribution in [1.82, 2.24) is 0 Å². The Bertz CT molecular complexity index is 459. The molecule has 1 aromatic heterocycles. The highest BCUT2D eigenvalue weighted by Gasteiger charge is 2.09. The fraction of sp³-hybridized carbons (Fsp3) is 0.0833. The van der Waals surface area contributed by atoms with Gasteiger partial charge in [-0.15, -0.1) is 11.3 Å². The molecule has 1 heterocycles. The molecule has 0 atom stereocenters. The number of hydrogen-bond donors (Lipinski definition) is 0. The van der Waals surface area contributed by atoms with Gasteiger partial charge in [0.2, 0.25) is 0 Å². The molecule has 1 aromatic carbocycles. The van der Waals surface area contributed by atoms with Crippen LogP contribution >= 0.6 is 11.3 Å². The van der Waals surface area contributed by atoms with E-state index in [1.165, 1.54) is 0 Å². The summed E-state index contributed by atoms with van der Waals surface area (Å²) in [5.41, 5.74) is 0.612. The molecule has 0 saturated carbocycles. The van der Waals surface area contributed by atoms with Crippen LogP contribution in [0.3, 0.4) is 0 Å². The number of para-hydroxylation sites is 1. The van der Waals surface area contributed by atoms with Crippen LogP contribution in [0.1, 0.15) is 15.2 Å². The summed E-state index contributed by atoms with van der Waals surface area (Å²) in [6.45, 7) is 1.96. The Kier molecular flexibility index (Phi) is 2.83. The van der Waals surface area contributed by atoms with Crippen molar-refractivity contribution in [1.29, 1.82) is 0 Å². The predicted octanol–water partition coefficient (Wildman–Crippen LogP) is 3.28. The van der Waals surface area contributed by atoms with Crippen LogP contribution in [0, 0.1) is 6.92 Å². The Morgan fingerprint density at radius 3 is 2.60 bits per heavy atom. The molecule has 0 fully saturated rings. The van der Waals surface area contributed by atoms with E-state index in [4.69, 9.17) is 4.74 Å². The summed E-state index contributed by atoms with van der Waals surface area (Å²) < 4.78 is 5.18. The lowest BCUT2D eigenvalue weighted by atomic mass is 10.3. The van der Waals surface area contributed by atoms with Crippen molar-refractivity contribution in [3.05, 3.63) is 52.2 Å². The third-order valence-corrected chi connectivity index (χ3v) is 2.78. The average molecular weight is 218 g/mol. The van der Waals surface area contributed by atoms with Gasteiger partial charge in [0.1, 0.15) is 5.75 Å². The van der Waals surface area contributed by atoms with Gasteiger partial charge in [-0.2, -0.15) is 0 Å². The lowest BCUT2D eigenvalue weighted by molar-refractivity contribution is 0.0735. The number of rotatable bonds is 2. The largest absolute Gasteiger partial charge is 0.423 e. The van der Waals surface area contributed by atoms with Crippen molar-refractivity contribution in [3.8, 4) is 5.75 Å². The average Bonchev–Trinajstić information content (AvgIpc) is 2.66. The highest BCUT2D eigenvalue weighted by atomic mass is 32.1. The summed E-state index contributed by atoms with van der Waals surface area (Å²) in [5, 5.41) is 1.81. The summed E-state index contributed by atoms with van der Waals surface area (Å²) in [6, 6.07) is 10.9. The van der Waals surface area contributed by atoms with E-state index in [1.807, 2.05) is 31.2 Å². The molecule has 3 heteroatoms. The minimum atomic E-state index is -0.300. The summed E-state index contributed by atoms with van der Waals surface area (Å²) in [5.74, 6) is 0.275. The van der Waals surface area contributed by atoms with Crippen LogP contribution in [0.25, 0.3) is 0 Å². The molecule has 0 N–H and O–H groups in total. The van der Waals surface area contributed by atoms with E-state index in [9.17, 15) is 4.79 Å². The Morgan fingerprint density at radius 1 is 1.27 bits per heavy atom. The number of esters is 1. The third-order valence-electron chi connectivity index (χ3n) is 1.92. The van der Waals surface area contributed by atoms with Gasteiger partial charge in [0.25, 0.3) is 0 Å². The Morgan fingerprint density at radius 2 is 2.00 bits per heavy atom. The highest BCUT2D eigenvalue weighted by Crippen LogP contribution is 2.16. The molecule has 76 valence electrons. The van der Waals surface area contributed by atoms with Gasteiger partial charge in [-0.1, -0.05) is 18.2 Å². The zero-order valence-corrected chi connectivity index (χ0v) is 9.08. The molecule has 0 spiro atoms. The van der Waals surface area contributed by atoms with Gasteiger partial charge in [0, 0.05) is 10.3 Å². The van der Waals surface area contributed by atoms with Crippen molar-refractivity contribution in [2.24, 2.45) is 0 Å². The van der Waals surface area contributed by atoms with Crippen LogP contribution in [-0.2, 0) is 0 Å². The molecular formula is C12H10O2S. The molecule has 2 nitrogen and oxygen atoms in total. The Labute approximate surface area is 92.1 Å². The first-order valence-corrected chi connectivity index (χ1v) is 5.46. The molecule has 2 rings (SSSR count). The maximum Gasteiger partial charge on any atom is 0.344 e. The zero-order valence-electron chi connectivity index (χ0n) is 8.27. The van der Waals surface area contributed by atoms with E-state index in [0.717, 1.165) is 4.88 Å². The topological polar surface area (TPSA) is 26.3 Å². The van der Waals surface area contributed by atoms with E-state index in [0.29, 0.717) is 11.3 Å². The molecule has 0 aliphatic rings. The third kappa shape index (κ3) is 2.44. The maximum absolute atomic E-state index is 11.6. The first kappa shape index (κ1) is 9.93. The normalized spacial score (nSPS) is 9.93. The van der Waals surface area contributed by atoms with E-state index in [1.54, 1.807) is 28.8 Å². The fourth-order valence-electron chi connectivity index (χ4n) is 1.20. The van der Waals surface area contributed by atoms with Crippen LogP contribution < -0.4 is 4.74 Å². The lowest BCUT2D eigenvalue weighted by Crippen LogP contribution is -2.06. The number of hydrogen-bond acceptors (Lipinski definition) is 3. The van der Waals surface area contributed by atoms with E-state index in [-0.39, 0.29) is 5.97 Å². The van der Waals surface area contributed by atoms with Crippen LogP contribution in [0.15, 0.2) is 41.8 Å². The second-order valence-electron chi connectivity index (χ2n) is 3.15. The van der Waals surface area contributed by atoms with Crippen LogP contribution in [-0.4, -0.2) is 5.97 Å². The van der Waals surface area contributed by atoms with Crippen LogP contribution in [0.2, 0.25) is 0 Å². The number of carbonyl (C=O) groups excluding carboxylic acids is 1. The number of ether oxygens (including phenoxy) is 1. The lowest BCUT2D eigenvalue weighted by Gasteiger charge is -2.01. The number of benzene rings is 1. The molecule has 0 radical (unpaired) electrons. The second kappa shape index (κ2) is 4.28. The van der Waals surface area contributed by atoms with E-state index < -0.39 is 0 Å². The highest BCUT2D eigenvalue weighted by molar-refractivity contribution is 7.10. The van der Waals surface area contributed by atoms with Gasteiger partial charge in [-0.3, -0.25) is 0 Å². The van der Waals surface area contributed by atoms with E-state index >= 15 is 0 Å². The Hall–Kier alpha value is -1.61. The van der Waals surface area contributed by atoms with E-state index in [2.05, 4.69) is 0 Å². The summed E-state index contributed by atoms with van der Waals surface area (Å²) in [7, 11) is 0. The monoisotopic (exact) mass is 218 g/mol. The number of carbonyl (C=O) groups is 1. The minimum Gasteiger partial charge on any atom is -0.423 e. The number of thiophene rings is 1. The SMILES string of the molecule is Cc1cc(C(=O)Oc2ccccc2)cs1. The van der Waals surface area contributed by atoms with Crippen molar-refractivity contribution in [3.63, 3.8) is 0 Å². The smallest absolute Gasteiger partial charge is 0.344 e. The van der Waals surface area contributed by atoms with Crippen molar-refractivity contribution in [2.75, 3.05) is 0 Å². The van der Waals surface area contributed by atoms with Gasteiger partial charge < -0.3 is 4.74 Å². The summed E-state index contributed by atoms with van der Waals surface area (Å²) in [4.78, 5) is 12.7. The van der Waals surface area contributed by atoms with Crippen molar-refractivity contribution >= 4 is 17.3 Å². The molecule has 0 unspecified atom stereocenters. The zero-order chi connectivity index (χ0) is 10.7. The van der Waals surface area contributed by atoms with Crippen LogP contribution in [0.4, 0.5) is 0 Å². The van der Waals surface area contributed by atoms with Gasteiger partial charge in [0.05, 0.1) is 5.56 Å². The van der Waals surface area contributed by atoms with Gasteiger partial charge in [0.15, 0.2) is 0 Å². The Balaban J connectivity index is 2.11. The molecule has 0 saturated heterocycles. The summed E-state index contributed by atoms with van der Waals surface area (Å²) >= 11 is 1.54. The fourth-order valence-corrected chi connectivity index (χ4v) is 1.88. The van der Waals surface area contributed by atoms with Gasteiger partial charge >= 0.3 is 5.97 Å². The first-order chi connectivity index (χ1) is 7.25. The number of aryl methyl sites for hydroxylation is 1. The maximum atomic E-state index is 11.6. The van der Waals surface area contributed by atoms with Gasteiger partial charge in [-0.05, 0) is 25.1 Å². The molecule has 0 aliphatic heterocycles. The standard InChI is InChI=1S/C12H10O2S/c1-9-7-10(8-15-9)12(13)14-11-5-3-2-4-6-11/h2-8H,1H3. The molecule has 0 amide bonds. The van der Waals surface area contributed by atoms with Crippen molar-refractivity contribution < 1.29 is 9.53 Å².